The Hall–Kier alpha value is -1.73. The van der Waals surface area contributed by atoms with Gasteiger partial charge in [0.05, 0.1) is 6.04 Å². The third kappa shape index (κ3) is 3.53. The Labute approximate surface area is 134 Å². The summed E-state index contributed by atoms with van der Waals surface area (Å²) in [5.74, 6) is 1.84. The van der Waals surface area contributed by atoms with E-state index in [1.54, 1.807) is 16.7 Å². The molecule has 1 aromatic rings. The fraction of sp³-hybridized carbons (Fsp3) is 0.467. The van der Waals surface area contributed by atoms with Crippen molar-refractivity contribution in [3.63, 3.8) is 0 Å². The Bertz CT molecular complexity index is 526. The molecule has 2 N–H and O–H groups in total. The minimum Gasteiger partial charge on any atom is -0.338 e. The largest absolute Gasteiger partial charge is 0.338 e. The summed E-state index contributed by atoms with van der Waals surface area (Å²) < 4.78 is 0. The Balaban J connectivity index is 1.48. The van der Waals surface area contributed by atoms with Crippen LogP contribution in [-0.2, 0) is 4.79 Å². The maximum absolute atomic E-state index is 12.3. The van der Waals surface area contributed by atoms with E-state index in [0.717, 1.165) is 17.3 Å². The van der Waals surface area contributed by atoms with Crippen LogP contribution < -0.4 is 10.6 Å². The number of nitrogens with one attached hydrogen (secondary N) is 2. The van der Waals surface area contributed by atoms with Gasteiger partial charge >= 0.3 is 6.03 Å². The van der Waals surface area contributed by atoms with Gasteiger partial charge in [0.1, 0.15) is 0 Å². The standard InChI is InChI=1S/C15H20N4O2S/c20-14(13-10-22-11-16-13)18-6-8-19(9-7-18)15(21)17-12-4-2-1-3-5-12/h1-5,13,16H,6-11H2,(H,17,21). The summed E-state index contributed by atoms with van der Waals surface area (Å²) in [6.07, 6.45) is 0. The lowest BCUT2D eigenvalue weighted by molar-refractivity contribution is -0.134. The van der Waals surface area contributed by atoms with E-state index < -0.39 is 0 Å². The van der Waals surface area contributed by atoms with Gasteiger partial charge in [0.2, 0.25) is 5.91 Å². The lowest BCUT2D eigenvalue weighted by atomic mass is 10.2. The molecule has 1 aromatic carbocycles. The Morgan fingerprint density at radius 3 is 2.41 bits per heavy atom. The van der Waals surface area contributed by atoms with Crippen LogP contribution in [-0.4, -0.2) is 65.6 Å². The summed E-state index contributed by atoms with van der Waals surface area (Å²) in [5, 5.41) is 6.08. The molecule has 0 saturated carbocycles. The maximum Gasteiger partial charge on any atom is 0.321 e. The maximum atomic E-state index is 12.3. The number of nitrogens with zero attached hydrogens (tertiary/aromatic N) is 2. The molecule has 2 fully saturated rings. The number of rotatable bonds is 2. The van der Waals surface area contributed by atoms with Gasteiger partial charge < -0.3 is 15.1 Å². The van der Waals surface area contributed by atoms with Crippen LogP contribution in [0.5, 0.6) is 0 Å². The van der Waals surface area contributed by atoms with E-state index in [-0.39, 0.29) is 18.0 Å². The van der Waals surface area contributed by atoms with Crippen molar-refractivity contribution < 1.29 is 9.59 Å². The lowest BCUT2D eigenvalue weighted by Crippen LogP contribution is -2.55. The van der Waals surface area contributed by atoms with E-state index in [2.05, 4.69) is 10.6 Å². The van der Waals surface area contributed by atoms with Gasteiger partial charge in [-0.3, -0.25) is 10.1 Å². The number of carbonyl (C=O) groups excluding carboxylic acids is 2. The molecule has 1 unspecified atom stereocenters. The van der Waals surface area contributed by atoms with Gasteiger partial charge in [-0.05, 0) is 12.1 Å². The minimum absolute atomic E-state index is 0.0605. The zero-order valence-electron chi connectivity index (χ0n) is 12.3. The van der Waals surface area contributed by atoms with Crippen LogP contribution >= 0.6 is 11.8 Å². The molecule has 118 valence electrons. The van der Waals surface area contributed by atoms with Gasteiger partial charge in [0.25, 0.3) is 0 Å². The number of thioether (sulfide) groups is 1. The van der Waals surface area contributed by atoms with E-state index in [1.807, 2.05) is 35.2 Å². The highest BCUT2D eigenvalue weighted by atomic mass is 32.2. The smallest absolute Gasteiger partial charge is 0.321 e. The Morgan fingerprint density at radius 1 is 1.09 bits per heavy atom. The molecule has 3 amide bonds. The highest BCUT2D eigenvalue weighted by Gasteiger charge is 2.30. The van der Waals surface area contributed by atoms with E-state index in [1.165, 1.54) is 0 Å². The highest BCUT2D eigenvalue weighted by molar-refractivity contribution is 7.99. The Morgan fingerprint density at radius 2 is 1.77 bits per heavy atom. The number of urea groups is 1. The number of carbonyl (C=O) groups is 2. The van der Waals surface area contributed by atoms with Crippen molar-refractivity contribution in [1.82, 2.24) is 15.1 Å². The third-order valence-corrected chi connectivity index (χ3v) is 4.86. The number of hydrogen-bond acceptors (Lipinski definition) is 4. The van der Waals surface area contributed by atoms with E-state index >= 15 is 0 Å². The monoisotopic (exact) mass is 320 g/mol. The van der Waals surface area contributed by atoms with Crippen molar-refractivity contribution in [3.05, 3.63) is 30.3 Å². The summed E-state index contributed by atoms with van der Waals surface area (Å²) in [6, 6.07) is 9.25. The van der Waals surface area contributed by atoms with Crippen molar-refractivity contribution in [2.45, 2.75) is 6.04 Å². The molecule has 1 atom stereocenters. The lowest BCUT2D eigenvalue weighted by Gasteiger charge is -2.35. The normalized spacial score (nSPS) is 21.7. The van der Waals surface area contributed by atoms with Crippen molar-refractivity contribution >= 4 is 29.4 Å². The molecular weight excluding hydrogens is 300 g/mol. The molecule has 2 heterocycles. The molecule has 0 aliphatic carbocycles. The predicted octanol–water partition coefficient (Wildman–Crippen LogP) is 1.03. The number of para-hydroxylation sites is 1. The van der Waals surface area contributed by atoms with Gasteiger partial charge in [0, 0.05) is 43.5 Å². The quantitative estimate of drug-likeness (QED) is 0.854. The average Bonchev–Trinajstić information content (AvgIpc) is 3.10. The van der Waals surface area contributed by atoms with Crippen LogP contribution in [0.25, 0.3) is 0 Å². The van der Waals surface area contributed by atoms with Crippen molar-refractivity contribution in [2.24, 2.45) is 0 Å². The molecule has 2 aliphatic heterocycles. The van der Waals surface area contributed by atoms with Crippen molar-refractivity contribution in [2.75, 3.05) is 43.1 Å². The van der Waals surface area contributed by atoms with Crippen molar-refractivity contribution in [1.29, 1.82) is 0 Å². The second-order valence-electron chi connectivity index (χ2n) is 5.38. The molecule has 3 rings (SSSR count). The molecule has 7 heteroatoms. The first kappa shape index (κ1) is 15.2. The van der Waals surface area contributed by atoms with Crippen LogP contribution in [0.1, 0.15) is 0 Å². The SMILES string of the molecule is O=C(Nc1ccccc1)N1CCN(C(=O)C2CSCN2)CC1. The number of piperazine rings is 1. The molecule has 6 nitrogen and oxygen atoms in total. The zero-order chi connectivity index (χ0) is 15.4. The molecule has 0 spiro atoms. The second-order valence-corrected chi connectivity index (χ2v) is 6.41. The van der Waals surface area contributed by atoms with Crippen LogP contribution in [0.15, 0.2) is 30.3 Å². The number of amides is 3. The van der Waals surface area contributed by atoms with Gasteiger partial charge in [0.15, 0.2) is 0 Å². The van der Waals surface area contributed by atoms with Crippen LogP contribution in [0, 0.1) is 0 Å². The van der Waals surface area contributed by atoms with E-state index in [4.69, 9.17) is 0 Å². The molecule has 0 radical (unpaired) electrons. The fourth-order valence-electron chi connectivity index (χ4n) is 2.63. The van der Waals surface area contributed by atoms with Crippen molar-refractivity contribution in [3.8, 4) is 0 Å². The number of hydrogen-bond donors (Lipinski definition) is 2. The molecule has 0 aromatic heterocycles. The first-order chi connectivity index (χ1) is 10.7. The molecular formula is C15H20N4O2S. The van der Waals surface area contributed by atoms with Gasteiger partial charge in [-0.15, -0.1) is 11.8 Å². The molecule has 2 saturated heterocycles. The van der Waals surface area contributed by atoms with Gasteiger partial charge in [-0.2, -0.15) is 0 Å². The first-order valence-electron chi connectivity index (χ1n) is 7.45. The summed E-state index contributed by atoms with van der Waals surface area (Å²) in [7, 11) is 0. The highest BCUT2D eigenvalue weighted by Crippen LogP contribution is 2.14. The summed E-state index contributed by atoms with van der Waals surface area (Å²) >= 11 is 1.75. The first-order valence-corrected chi connectivity index (χ1v) is 8.60. The molecule has 0 bridgehead atoms. The summed E-state index contributed by atoms with van der Waals surface area (Å²) in [6.45, 7) is 2.35. The number of benzene rings is 1. The minimum atomic E-state index is -0.104. The summed E-state index contributed by atoms with van der Waals surface area (Å²) in [4.78, 5) is 28.1. The van der Waals surface area contributed by atoms with Crippen LogP contribution in [0.4, 0.5) is 10.5 Å². The Kier molecular flexibility index (Phi) is 4.84. The fourth-order valence-corrected chi connectivity index (χ4v) is 3.56. The predicted molar refractivity (Wildman–Crippen MR) is 87.9 cm³/mol. The molecule has 22 heavy (non-hydrogen) atoms. The van der Waals surface area contributed by atoms with Gasteiger partial charge in [-0.1, -0.05) is 18.2 Å². The van der Waals surface area contributed by atoms with Gasteiger partial charge in [-0.25, -0.2) is 4.79 Å². The molecule has 2 aliphatic rings. The zero-order valence-corrected chi connectivity index (χ0v) is 13.1. The van der Waals surface area contributed by atoms with Crippen LogP contribution in [0.2, 0.25) is 0 Å². The summed E-state index contributed by atoms with van der Waals surface area (Å²) in [5.41, 5.74) is 0.790. The van der Waals surface area contributed by atoms with E-state index in [0.29, 0.717) is 26.2 Å². The van der Waals surface area contributed by atoms with E-state index in [9.17, 15) is 9.59 Å². The second kappa shape index (κ2) is 7.02. The number of anilines is 1. The average molecular weight is 320 g/mol. The third-order valence-electron chi connectivity index (χ3n) is 3.92. The topological polar surface area (TPSA) is 64.7 Å². The van der Waals surface area contributed by atoms with Crippen LogP contribution in [0.3, 0.4) is 0 Å².